The molecule has 1 amide bonds. The zero-order valence-corrected chi connectivity index (χ0v) is 16.3. The highest BCUT2D eigenvalue weighted by molar-refractivity contribution is 5.96. The maximum atomic E-state index is 13.0. The standard InChI is InChI=1S/C22H19F3N2O3/c1-14-7-8-15(2)27(14)17-11-9-16(10-12-17)21(29)30-13-20(28)26-19-6-4-3-5-18(19)22(23,24)25/h3-12H,13H2,1-2H3,(H,26,28). The van der Waals surface area contributed by atoms with Gasteiger partial charge in [-0.2, -0.15) is 13.2 Å². The molecule has 30 heavy (non-hydrogen) atoms. The summed E-state index contributed by atoms with van der Waals surface area (Å²) < 4.78 is 45.9. The molecule has 3 rings (SSSR count). The topological polar surface area (TPSA) is 60.3 Å². The van der Waals surface area contributed by atoms with Gasteiger partial charge in [-0.05, 0) is 62.4 Å². The number of benzene rings is 2. The highest BCUT2D eigenvalue weighted by Gasteiger charge is 2.33. The van der Waals surface area contributed by atoms with Crippen LogP contribution in [0.15, 0.2) is 60.7 Å². The van der Waals surface area contributed by atoms with Crippen LogP contribution in [-0.4, -0.2) is 23.1 Å². The van der Waals surface area contributed by atoms with Crippen LogP contribution in [0, 0.1) is 13.8 Å². The second kappa shape index (κ2) is 8.44. The number of amides is 1. The van der Waals surface area contributed by atoms with Gasteiger partial charge in [0.15, 0.2) is 6.61 Å². The average molecular weight is 416 g/mol. The molecule has 0 radical (unpaired) electrons. The van der Waals surface area contributed by atoms with E-state index in [1.807, 2.05) is 30.5 Å². The maximum Gasteiger partial charge on any atom is 0.418 e. The molecule has 1 N–H and O–H groups in total. The number of esters is 1. The zero-order valence-electron chi connectivity index (χ0n) is 16.3. The van der Waals surface area contributed by atoms with Gasteiger partial charge < -0.3 is 14.6 Å². The molecule has 0 aliphatic heterocycles. The molecule has 156 valence electrons. The summed E-state index contributed by atoms with van der Waals surface area (Å²) in [6.07, 6.45) is -4.61. The number of para-hydroxylation sites is 1. The first-order valence-corrected chi connectivity index (χ1v) is 9.05. The first-order chi connectivity index (χ1) is 14.2. The Labute approximate surface area is 171 Å². The fourth-order valence-corrected chi connectivity index (χ4v) is 3.06. The lowest BCUT2D eigenvalue weighted by atomic mass is 10.1. The molecule has 0 aliphatic rings. The number of hydrogen-bond donors (Lipinski definition) is 1. The molecule has 0 spiro atoms. The molecule has 0 bridgehead atoms. The van der Waals surface area contributed by atoms with Crippen molar-refractivity contribution in [1.29, 1.82) is 0 Å². The number of alkyl halides is 3. The van der Waals surface area contributed by atoms with Crippen molar-refractivity contribution in [2.24, 2.45) is 0 Å². The molecule has 2 aromatic carbocycles. The van der Waals surface area contributed by atoms with Crippen LogP contribution in [0.25, 0.3) is 5.69 Å². The Hall–Kier alpha value is -3.55. The summed E-state index contributed by atoms with van der Waals surface area (Å²) in [5, 5.41) is 2.12. The normalized spacial score (nSPS) is 11.2. The van der Waals surface area contributed by atoms with E-state index in [-0.39, 0.29) is 5.56 Å². The van der Waals surface area contributed by atoms with E-state index in [0.29, 0.717) is 0 Å². The van der Waals surface area contributed by atoms with Crippen molar-refractivity contribution in [3.63, 3.8) is 0 Å². The van der Waals surface area contributed by atoms with Gasteiger partial charge >= 0.3 is 12.1 Å². The molecule has 0 unspecified atom stereocenters. The minimum absolute atomic E-state index is 0.227. The largest absolute Gasteiger partial charge is 0.452 e. The second-order valence-electron chi connectivity index (χ2n) is 6.67. The third kappa shape index (κ3) is 4.71. The molecule has 0 saturated carbocycles. The Balaban J connectivity index is 1.62. The average Bonchev–Trinajstić information content (AvgIpc) is 3.04. The van der Waals surface area contributed by atoms with E-state index in [0.717, 1.165) is 29.2 Å². The van der Waals surface area contributed by atoms with E-state index >= 15 is 0 Å². The van der Waals surface area contributed by atoms with Gasteiger partial charge in [-0.15, -0.1) is 0 Å². The smallest absolute Gasteiger partial charge is 0.418 e. The fraction of sp³-hybridized carbons (Fsp3) is 0.182. The van der Waals surface area contributed by atoms with Crippen LogP contribution >= 0.6 is 0 Å². The van der Waals surface area contributed by atoms with Gasteiger partial charge in [-0.3, -0.25) is 4.79 Å². The van der Waals surface area contributed by atoms with Crippen LogP contribution in [0.4, 0.5) is 18.9 Å². The summed E-state index contributed by atoms with van der Waals surface area (Å²) in [6, 6.07) is 15.2. The van der Waals surface area contributed by atoms with Crippen LogP contribution in [0.5, 0.6) is 0 Å². The Morgan fingerprint density at radius 2 is 1.53 bits per heavy atom. The van der Waals surface area contributed by atoms with Crippen LogP contribution in [0.2, 0.25) is 0 Å². The lowest BCUT2D eigenvalue weighted by molar-refractivity contribution is -0.137. The Morgan fingerprint density at radius 1 is 0.933 bits per heavy atom. The molecular formula is C22H19F3N2O3. The number of aromatic nitrogens is 1. The number of nitrogens with zero attached hydrogens (tertiary/aromatic N) is 1. The first-order valence-electron chi connectivity index (χ1n) is 9.05. The summed E-state index contributed by atoms with van der Waals surface area (Å²) >= 11 is 0. The zero-order chi connectivity index (χ0) is 21.9. The Bertz CT molecular complexity index is 1050. The predicted octanol–water partition coefficient (Wildman–Crippen LogP) is 4.91. The number of nitrogens with one attached hydrogen (secondary N) is 1. The van der Waals surface area contributed by atoms with Crippen LogP contribution in [-0.2, 0) is 15.7 Å². The minimum Gasteiger partial charge on any atom is -0.452 e. The van der Waals surface area contributed by atoms with Gasteiger partial charge in [0.2, 0.25) is 0 Å². The van der Waals surface area contributed by atoms with Crippen molar-refractivity contribution in [3.05, 3.63) is 83.2 Å². The lowest BCUT2D eigenvalue weighted by Crippen LogP contribution is -2.22. The number of hydrogen-bond acceptors (Lipinski definition) is 3. The number of ether oxygens (including phenoxy) is 1. The SMILES string of the molecule is Cc1ccc(C)n1-c1ccc(C(=O)OCC(=O)Nc2ccccc2C(F)(F)F)cc1. The highest BCUT2D eigenvalue weighted by atomic mass is 19.4. The monoisotopic (exact) mass is 416 g/mol. The molecule has 3 aromatic rings. The minimum atomic E-state index is -4.61. The van der Waals surface area contributed by atoms with Crippen LogP contribution < -0.4 is 5.32 Å². The van der Waals surface area contributed by atoms with Gasteiger partial charge in [0.1, 0.15) is 0 Å². The summed E-state index contributed by atoms with van der Waals surface area (Å²) in [4.78, 5) is 24.1. The van der Waals surface area contributed by atoms with Gasteiger partial charge in [0.25, 0.3) is 5.91 Å². The predicted molar refractivity (Wildman–Crippen MR) is 106 cm³/mol. The van der Waals surface area contributed by atoms with E-state index in [1.165, 1.54) is 12.1 Å². The second-order valence-corrected chi connectivity index (χ2v) is 6.67. The quantitative estimate of drug-likeness (QED) is 0.602. The number of carbonyl (C=O) groups excluding carboxylic acids is 2. The van der Waals surface area contributed by atoms with E-state index in [1.54, 1.807) is 24.3 Å². The number of rotatable bonds is 5. The summed E-state index contributed by atoms with van der Waals surface area (Å²) in [5.74, 6) is -1.61. The van der Waals surface area contributed by atoms with Gasteiger partial charge in [0, 0.05) is 17.1 Å². The molecule has 0 saturated heterocycles. The molecule has 0 aliphatic carbocycles. The van der Waals surface area contributed by atoms with E-state index in [4.69, 9.17) is 4.74 Å². The number of aryl methyl sites for hydroxylation is 2. The lowest BCUT2D eigenvalue weighted by Gasteiger charge is -2.13. The van der Waals surface area contributed by atoms with Gasteiger partial charge in [0.05, 0.1) is 16.8 Å². The van der Waals surface area contributed by atoms with E-state index in [2.05, 4.69) is 5.32 Å². The molecule has 1 aromatic heterocycles. The van der Waals surface area contributed by atoms with Gasteiger partial charge in [-0.1, -0.05) is 12.1 Å². The van der Waals surface area contributed by atoms with Crippen molar-refractivity contribution in [3.8, 4) is 5.69 Å². The third-order valence-electron chi connectivity index (χ3n) is 4.47. The summed E-state index contributed by atoms with van der Waals surface area (Å²) in [7, 11) is 0. The van der Waals surface area contributed by atoms with Crippen molar-refractivity contribution >= 4 is 17.6 Å². The van der Waals surface area contributed by atoms with Crippen molar-refractivity contribution in [2.75, 3.05) is 11.9 Å². The summed E-state index contributed by atoms with van der Waals surface area (Å²) in [5.41, 5.74) is 1.80. The van der Waals surface area contributed by atoms with Crippen molar-refractivity contribution in [2.45, 2.75) is 20.0 Å². The number of halogens is 3. The molecule has 8 heteroatoms. The van der Waals surface area contributed by atoms with E-state index < -0.39 is 35.9 Å². The molecule has 1 heterocycles. The molecular weight excluding hydrogens is 397 g/mol. The van der Waals surface area contributed by atoms with E-state index in [9.17, 15) is 22.8 Å². The molecule has 0 fully saturated rings. The van der Waals surface area contributed by atoms with Crippen molar-refractivity contribution < 1.29 is 27.5 Å². The Morgan fingerprint density at radius 3 is 2.13 bits per heavy atom. The molecule has 5 nitrogen and oxygen atoms in total. The molecule has 0 atom stereocenters. The Kier molecular flexibility index (Phi) is 5.96. The van der Waals surface area contributed by atoms with Gasteiger partial charge in [-0.25, -0.2) is 4.79 Å². The third-order valence-corrected chi connectivity index (χ3v) is 4.47. The van der Waals surface area contributed by atoms with Crippen molar-refractivity contribution in [1.82, 2.24) is 4.57 Å². The fourth-order valence-electron chi connectivity index (χ4n) is 3.06. The summed E-state index contributed by atoms with van der Waals surface area (Å²) in [6.45, 7) is 3.22. The van der Waals surface area contributed by atoms with Crippen LogP contribution in [0.1, 0.15) is 27.3 Å². The van der Waals surface area contributed by atoms with Crippen LogP contribution in [0.3, 0.4) is 0 Å². The maximum absolute atomic E-state index is 13.0. The number of anilines is 1. The first kappa shape index (κ1) is 21.2. The number of carbonyl (C=O) groups is 2. The highest BCUT2D eigenvalue weighted by Crippen LogP contribution is 2.34.